The zero-order chi connectivity index (χ0) is 17.7. The maximum Gasteiger partial charge on any atom is 0.372 e. The Kier molecular flexibility index (Phi) is 3.35. The molecule has 1 atom stereocenters. The van der Waals surface area contributed by atoms with E-state index in [9.17, 15) is 9.90 Å². The van der Waals surface area contributed by atoms with Gasteiger partial charge >= 0.3 is 5.97 Å². The van der Waals surface area contributed by atoms with Gasteiger partial charge in [-0.15, -0.1) is 0 Å². The van der Waals surface area contributed by atoms with Crippen molar-refractivity contribution in [2.45, 2.75) is 25.2 Å². The molecule has 26 heavy (non-hydrogen) atoms. The van der Waals surface area contributed by atoms with Crippen molar-refractivity contribution in [2.75, 3.05) is 0 Å². The second kappa shape index (κ2) is 5.73. The van der Waals surface area contributed by atoms with Gasteiger partial charge in [0.25, 0.3) is 0 Å². The van der Waals surface area contributed by atoms with Crippen LogP contribution in [0.3, 0.4) is 0 Å². The van der Waals surface area contributed by atoms with Gasteiger partial charge < -0.3 is 9.52 Å². The summed E-state index contributed by atoms with van der Waals surface area (Å²) in [5, 5.41) is 14.4. The van der Waals surface area contributed by atoms with E-state index < -0.39 is 5.97 Å². The standard InChI is InChI=1S/C23H18O3/c24-23(25)22-18(11-12-26-22)16-6-5-15-8-9-19-17-4-2-1-3-14(17)7-10-20(19)21(15)13-16/h1-4,7-12,16H,5-6,13H2,(H,24,25). The van der Waals surface area contributed by atoms with E-state index in [0.29, 0.717) is 0 Å². The fourth-order valence-electron chi connectivity index (χ4n) is 4.43. The summed E-state index contributed by atoms with van der Waals surface area (Å²) in [4.78, 5) is 11.4. The highest BCUT2D eigenvalue weighted by Crippen LogP contribution is 2.39. The third kappa shape index (κ3) is 2.24. The van der Waals surface area contributed by atoms with Crippen molar-refractivity contribution in [3.8, 4) is 0 Å². The zero-order valence-corrected chi connectivity index (χ0v) is 14.2. The minimum absolute atomic E-state index is 0.0872. The fourth-order valence-corrected chi connectivity index (χ4v) is 4.43. The molecule has 1 aliphatic carbocycles. The Balaban J connectivity index is 1.66. The summed E-state index contributed by atoms with van der Waals surface area (Å²) in [5.41, 5.74) is 3.55. The fraction of sp³-hybridized carbons (Fsp3) is 0.174. The summed E-state index contributed by atoms with van der Waals surface area (Å²) >= 11 is 0. The average Bonchev–Trinajstić information content (AvgIpc) is 3.17. The van der Waals surface area contributed by atoms with Crippen molar-refractivity contribution in [3.05, 3.63) is 83.3 Å². The highest BCUT2D eigenvalue weighted by molar-refractivity contribution is 6.08. The van der Waals surface area contributed by atoms with E-state index in [1.54, 1.807) is 0 Å². The number of hydrogen-bond donors (Lipinski definition) is 1. The molecule has 0 fully saturated rings. The van der Waals surface area contributed by atoms with Crippen LogP contribution in [0.15, 0.2) is 65.3 Å². The van der Waals surface area contributed by atoms with Crippen LogP contribution in [-0.2, 0) is 12.8 Å². The van der Waals surface area contributed by atoms with Gasteiger partial charge in [-0.05, 0) is 63.9 Å². The van der Waals surface area contributed by atoms with Gasteiger partial charge in [0.2, 0.25) is 5.76 Å². The van der Waals surface area contributed by atoms with E-state index in [1.165, 1.54) is 38.9 Å². The summed E-state index contributed by atoms with van der Waals surface area (Å²) < 4.78 is 5.21. The average molecular weight is 342 g/mol. The minimum atomic E-state index is -0.986. The number of rotatable bonds is 2. The lowest BCUT2D eigenvalue weighted by Gasteiger charge is -2.26. The predicted molar refractivity (Wildman–Crippen MR) is 102 cm³/mol. The van der Waals surface area contributed by atoms with Crippen molar-refractivity contribution >= 4 is 27.5 Å². The second-order valence-corrected chi connectivity index (χ2v) is 7.04. The molecule has 5 rings (SSSR count). The molecule has 0 saturated carbocycles. The molecule has 3 heteroatoms. The van der Waals surface area contributed by atoms with Gasteiger partial charge in [-0.3, -0.25) is 0 Å². The van der Waals surface area contributed by atoms with Gasteiger partial charge in [-0.1, -0.05) is 48.5 Å². The predicted octanol–water partition coefficient (Wildman–Crippen LogP) is 5.56. The monoisotopic (exact) mass is 342 g/mol. The first-order chi connectivity index (χ1) is 12.7. The van der Waals surface area contributed by atoms with Crippen molar-refractivity contribution in [1.82, 2.24) is 0 Å². The molecule has 3 nitrogen and oxygen atoms in total. The molecule has 0 aliphatic heterocycles. The van der Waals surface area contributed by atoms with Crippen LogP contribution >= 0.6 is 0 Å². The first-order valence-corrected chi connectivity index (χ1v) is 8.95. The molecule has 0 spiro atoms. The van der Waals surface area contributed by atoms with Gasteiger partial charge in [0, 0.05) is 5.56 Å². The Bertz CT molecular complexity index is 1150. The molecule has 128 valence electrons. The normalized spacial score (nSPS) is 16.7. The van der Waals surface area contributed by atoms with E-state index in [2.05, 4.69) is 48.5 Å². The van der Waals surface area contributed by atoms with Crippen LogP contribution in [-0.4, -0.2) is 11.1 Å². The first-order valence-electron chi connectivity index (χ1n) is 8.95. The number of aromatic carboxylic acids is 1. The topological polar surface area (TPSA) is 50.4 Å². The SMILES string of the molecule is O=C(O)c1occc1C1CCc2ccc3c(ccc4ccccc43)c2C1. The first kappa shape index (κ1) is 15.2. The molecule has 0 radical (unpaired) electrons. The second-order valence-electron chi connectivity index (χ2n) is 7.04. The molecule has 1 N–H and O–H groups in total. The van der Waals surface area contributed by atoms with Crippen LogP contribution in [0.5, 0.6) is 0 Å². The molecule has 0 bridgehead atoms. The van der Waals surface area contributed by atoms with Crippen LogP contribution in [0.2, 0.25) is 0 Å². The molecule has 1 aliphatic rings. The highest BCUT2D eigenvalue weighted by atomic mass is 16.4. The van der Waals surface area contributed by atoms with Crippen LogP contribution in [0.4, 0.5) is 0 Å². The van der Waals surface area contributed by atoms with Crippen molar-refractivity contribution in [2.24, 2.45) is 0 Å². The summed E-state index contributed by atoms with van der Waals surface area (Å²) in [7, 11) is 0. The van der Waals surface area contributed by atoms with E-state index in [1.807, 2.05) is 6.07 Å². The number of carboxylic acid groups (broad SMARTS) is 1. The van der Waals surface area contributed by atoms with E-state index >= 15 is 0 Å². The van der Waals surface area contributed by atoms with Crippen LogP contribution in [0.25, 0.3) is 21.5 Å². The number of fused-ring (bicyclic) bond motifs is 5. The van der Waals surface area contributed by atoms with Crippen molar-refractivity contribution < 1.29 is 14.3 Å². The Morgan fingerprint density at radius 1 is 0.962 bits per heavy atom. The molecule has 0 saturated heterocycles. The molecule has 3 aromatic carbocycles. The quantitative estimate of drug-likeness (QED) is 0.485. The summed E-state index contributed by atoms with van der Waals surface area (Å²) in [6.07, 6.45) is 4.26. The lowest BCUT2D eigenvalue weighted by molar-refractivity contribution is 0.0660. The van der Waals surface area contributed by atoms with Crippen LogP contribution in [0, 0.1) is 0 Å². The van der Waals surface area contributed by atoms with Crippen molar-refractivity contribution in [3.63, 3.8) is 0 Å². The largest absolute Gasteiger partial charge is 0.475 e. The van der Waals surface area contributed by atoms with Gasteiger partial charge in [0.15, 0.2) is 0 Å². The Morgan fingerprint density at radius 3 is 2.69 bits per heavy atom. The Morgan fingerprint density at radius 2 is 1.81 bits per heavy atom. The van der Waals surface area contributed by atoms with Gasteiger partial charge in [-0.2, -0.15) is 0 Å². The molecular formula is C23H18O3. The van der Waals surface area contributed by atoms with Crippen LogP contribution < -0.4 is 0 Å². The lowest BCUT2D eigenvalue weighted by Crippen LogP contribution is -2.15. The summed E-state index contributed by atoms with van der Waals surface area (Å²) in [6, 6.07) is 19.1. The van der Waals surface area contributed by atoms with E-state index in [4.69, 9.17) is 4.42 Å². The molecule has 1 unspecified atom stereocenters. The number of furan rings is 1. The summed E-state index contributed by atoms with van der Waals surface area (Å²) in [6.45, 7) is 0. The Hall–Kier alpha value is -3.07. The third-order valence-corrected chi connectivity index (χ3v) is 5.68. The molecule has 1 aromatic heterocycles. The number of carboxylic acids is 1. The summed E-state index contributed by atoms with van der Waals surface area (Å²) in [5.74, 6) is -0.715. The molecule has 1 heterocycles. The zero-order valence-electron chi connectivity index (χ0n) is 14.2. The van der Waals surface area contributed by atoms with Gasteiger partial charge in [-0.25, -0.2) is 4.79 Å². The third-order valence-electron chi connectivity index (χ3n) is 5.68. The Labute approximate surface area is 150 Å². The van der Waals surface area contributed by atoms with Gasteiger partial charge in [0.1, 0.15) is 0 Å². The molecule has 0 amide bonds. The van der Waals surface area contributed by atoms with Gasteiger partial charge in [0.05, 0.1) is 6.26 Å². The number of aryl methyl sites for hydroxylation is 1. The number of benzene rings is 3. The molecule has 4 aromatic rings. The lowest BCUT2D eigenvalue weighted by atomic mass is 9.78. The minimum Gasteiger partial charge on any atom is -0.475 e. The number of carbonyl (C=O) groups is 1. The van der Waals surface area contributed by atoms with E-state index in [0.717, 1.165) is 24.8 Å². The maximum atomic E-state index is 11.4. The van der Waals surface area contributed by atoms with E-state index in [-0.39, 0.29) is 11.7 Å². The van der Waals surface area contributed by atoms with Crippen molar-refractivity contribution in [1.29, 1.82) is 0 Å². The highest BCUT2D eigenvalue weighted by Gasteiger charge is 2.27. The smallest absolute Gasteiger partial charge is 0.372 e. The molecular weight excluding hydrogens is 324 g/mol. The van der Waals surface area contributed by atoms with Crippen LogP contribution in [0.1, 0.15) is 39.6 Å². The number of hydrogen-bond acceptors (Lipinski definition) is 2. The maximum absolute atomic E-state index is 11.4.